The molecule has 5 nitrogen and oxygen atoms in total. The fourth-order valence-corrected chi connectivity index (χ4v) is 2.25. The van der Waals surface area contributed by atoms with Crippen molar-refractivity contribution in [1.82, 2.24) is 5.32 Å². The lowest BCUT2D eigenvalue weighted by Crippen LogP contribution is -2.20. The number of hydrogen-bond donors (Lipinski definition) is 2. The summed E-state index contributed by atoms with van der Waals surface area (Å²) in [6, 6.07) is 15.0. The number of hydrogen-bond acceptors (Lipinski definition) is 3. The van der Waals surface area contributed by atoms with Crippen LogP contribution in [0.2, 0.25) is 0 Å². The van der Waals surface area contributed by atoms with Gasteiger partial charge in [0.1, 0.15) is 5.75 Å². The summed E-state index contributed by atoms with van der Waals surface area (Å²) >= 11 is 0. The van der Waals surface area contributed by atoms with Gasteiger partial charge in [-0.05, 0) is 48.4 Å². The topological polar surface area (TPSA) is 67.4 Å². The fourth-order valence-electron chi connectivity index (χ4n) is 2.25. The number of benzene rings is 2. The molecule has 2 N–H and O–H groups in total. The lowest BCUT2D eigenvalue weighted by Gasteiger charge is -2.08. The number of carbonyl (C=O) groups excluding carboxylic acids is 2. The van der Waals surface area contributed by atoms with Crippen LogP contribution in [-0.4, -0.2) is 18.4 Å². The zero-order chi connectivity index (χ0) is 19.6. The first-order valence-electron chi connectivity index (χ1n) is 9.06. The smallest absolute Gasteiger partial charge is 0.244 e. The number of rotatable bonds is 8. The highest BCUT2D eigenvalue weighted by atomic mass is 16.5. The van der Waals surface area contributed by atoms with Crippen molar-refractivity contribution in [2.45, 2.75) is 27.3 Å². The molecule has 0 bridgehead atoms. The van der Waals surface area contributed by atoms with Gasteiger partial charge in [0.05, 0.1) is 6.61 Å². The molecular weight excluding hydrogens is 340 g/mol. The monoisotopic (exact) mass is 366 g/mol. The Kier molecular flexibility index (Phi) is 7.62. The Morgan fingerprint density at radius 2 is 1.70 bits per heavy atom. The van der Waals surface area contributed by atoms with Crippen LogP contribution >= 0.6 is 0 Å². The molecule has 2 amide bonds. The molecule has 27 heavy (non-hydrogen) atoms. The third-order valence-corrected chi connectivity index (χ3v) is 3.83. The average Bonchev–Trinajstić information content (AvgIpc) is 2.67. The fraction of sp³-hybridized carbons (Fsp3) is 0.273. The van der Waals surface area contributed by atoms with Gasteiger partial charge in [0.25, 0.3) is 0 Å². The minimum atomic E-state index is -0.166. The van der Waals surface area contributed by atoms with E-state index in [-0.39, 0.29) is 17.7 Å². The molecule has 0 saturated carbocycles. The third kappa shape index (κ3) is 6.98. The van der Waals surface area contributed by atoms with Gasteiger partial charge in [-0.3, -0.25) is 9.59 Å². The molecule has 5 heteroatoms. The Bertz CT molecular complexity index is 778. The predicted molar refractivity (Wildman–Crippen MR) is 108 cm³/mol. The Morgan fingerprint density at radius 3 is 2.30 bits per heavy atom. The quantitative estimate of drug-likeness (QED) is 0.694. The Labute approximate surface area is 160 Å². The van der Waals surface area contributed by atoms with Gasteiger partial charge in [-0.15, -0.1) is 0 Å². The molecule has 0 saturated heterocycles. The van der Waals surface area contributed by atoms with Crippen molar-refractivity contribution >= 4 is 23.6 Å². The summed E-state index contributed by atoms with van der Waals surface area (Å²) in [5, 5.41) is 5.68. The summed E-state index contributed by atoms with van der Waals surface area (Å²) in [4.78, 5) is 23.6. The third-order valence-electron chi connectivity index (χ3n) is 3.83. The van der Waals surface area contributed by atoms with Gasteiger partial charge in [0.15, 0.2) is 0 Å². The molecule has 0 aliphatic rings. The summed E-state index contributed by atoms with van der Waals surface area (Å²) in [7, 11) is 0. The van der Waals surface area contributed by atoms with Gasteiger partial charge >= 0.3 is 0 Å². The molecular formula is C22H26N2O3. The van der Waals surface area contributed by atoms with E-state index in [1.807, 2.05) is 69.3 Å². The normalized spacial score (nSPS) is 10.8. The van der Waals surface area contributed by atoms with E-state index in [0.29, 0.717) is 13.2 Å². The number of amides is 2. The molecule has 142 valence electrons. The van der Waals surface area contributed by atoms with Crippen molar-refractivity contribution in [2.75, 3.05) is 11.9 Å². The molecule has 0 aromatic heterocycles. The SMILES string of the molecule is CCOc1ccc(/C=C/C(=O)NCc2ccc(NC(=O)C(C)C)cc2)cc1. The number of ether oxygens (including phenoxy) is 1. The summed E-state index contributed by atoms with van der Waals surface area (Å²) < 4.78 is 5.39. The Morgan fingerprint density at radius 1 is 1.04 bits per heavy atom. The standard InChI is InChI=1S/C22H26N2O3/c1-4-27-20-12-7-17(8-13-20)9-14-21(25)23-15-18-5-10-19(11-6-18)24-22(26)16(2)3/h5-14,16H,4,15H2,1-3H3,(H,23,25)(H,24,26)/b14-9+. The van der Waals surface area contributed by atoms with Crippen LogP contribution in [0.25, 0.3) is 6.08 Å². The van der Waals surface area contributed by atoms with Crippen LogP contribution in [0.5, 0.6) is 5.75 Å². The van der Waals surface area contributed by atoms with Crippen molar-refractivity contribution < 1.29 is 14.3 Å². The minimum absolute atomic E-state index is 0.0181. The second-order valence-electron chi connectivity index (χ2n) is 6.39. The van der Waals surface area contributed by atoms with E-state index in [1.54, 1.807) is 6.08 Å². The molecule has 0 spiro atoms. The second kappa shape index (κ2) is 10.2. The molecule has 0 atom stereocenters. The van der Waals surface area contributed by atoms with E-state index in [9.17, 15) is 9.59 Å². The Hall–Kier alpha value is -3.08. The molecule has 2 rings (SSSR count). The minimum Gasteiger partial charge on any atom is -0.494 e. The van der Waals surface area contributed by atoms with Crippen molar-refractivity contribution in [2.24, 2.45) is 5.92 Å². The maximum Gasteiger partial charge on any atom is 0.244 e. The molecule has 2 aromatic carbocycles. The zero-order valence-electron chi connectivity index (χ0n) is 16.0. The maximum absolute atomic E-state index is 12.0. The summed E-state index contributed by atoms with van der Waals surface area (Å²) in [5.74, 6) is 0.565. The molecule has 0 heterocycles. The van der Waals surface area contributed by atoms with E-state index in [2.05, 4.69) is 10.6 Å². The zero-order valence-corrected chi connectivity index (χ0v) is 16.0. The highest BCUT2D eigenvalue weighted by Crippen LogP contribution is 2.13. The summed E-state index contributed by atoms with van der Waals surface area (Å²) in [6.45, 7) is 6.68. The van der Waals surface area contributed by atoms with Crippen LogP contribution in [-0.2, 0) is 16.1 Å². The van der Waals surface area contributed by atoms with E-state index >= 15 is 0 Å². The average molecular weight is 366 g/mol. The molecule has 2 aromatic rings. The van der Waals surface area contributed by atoms with Gasteiger partial charge in [0, 0.05) is 24.2 Å². The van der Waals surface area contributed by atoms with Crippen molar-refractivity contribution in [3.8, 4) is 5.75 Å². The van der Waals surface area contributed by atoms with Crippen LogP contribution in [0.1, 0.15) is 31.9 Å². The van der Waals surface area contributed by atoms with Crippen LogP contribution in [0.15, 0.2) is 54.6 Å². The van der Waals surface area contributed by atoms with Gasteiger partial charge in [-0.2, -0.15) is 0 Å². The number of nitrogens with one attached hydrogen (secondary N) is 2. The number of anilines is 1. The first-order valence-corrected chi connectivity index (χ1v) is 9.06. The van der Waals surface area contributed by atoms with Crippen LogP contribution < -0.4 is 15.4 Å². The first kappa shape index (κ1) is 20.2. The highest BCUT2D eigenvalue weighted by molar-refractivity contribution is 5.92. The molecule has 0 fully saturated rings. The van der Waals surface area contributed by atoms with Gasteiger partial charge in [-0.1, -0.05) is 38.1 Å². The van der Waals surface area contributed by atoms with Crippen molar-refractivity contribution in [3.63, 3.8) is 0 Å². The molecule has 0 aliphatic carbocycles. The van der Waals surface area contributed by atoms with Crippen molar-refractivity contribution in [3.05, 3.63) is 65.7 Å². The second-order valence-corrected chi connectivity index (χ2v) is 6.39. The van der Waals surface area contributed by atoms with Gasteiger partial charge < -0.3 is 15.4 Å². The highest BCUT2D eigenvalue weighted by Gasteiger charge is 2.06. The van der Waals surface area contributed by atoms with Gasteiger partial charge in [0.2, 0.25) is 11.8 Å². The summed E-state index contributed by atoms with van der Waals surface area (Å²) in [6.07, 6.45) is 3.27. The van der Waals surface area contributed by atoms with Gasteiger partial charge in [-0.25, -0.2) is 0 Å². The van der Waals surface area contributed by atoms with E-state index in [4.69, 9.17) is 4.74 Å². The summed E-state index contributed by atoms with van der Waals surface area (Å²) in [5.41, 5.74) is 2.64. The lowest BCUT2D eigenvalue weighted by molar-refractivity contribution is -0.119. The lowest BCUT2D eigenvalue weighted by atomic mass is 10.1. The van der Waals surface area contributed by atoms with Crippen molar-refractivity contribution in [1.29, 1.82) is 0 Å². The van der Waals surface area contributed by atoms with Crippen LogP contribution in [0.4, 0.5) is 5.69 Å². The van der Waals surface area contributed by atoms with E-state index in [1.165, 1.54) is 6.08 Å². The Balaban J connectivity index is 1.81. The largest absolute Gasteiger partial charge is 0.494 e. The van der Waals surface area contributed by atoms with Crippen LogP contribution in [0, 0.1) is 5.92 Å². The van der Waals surface area contributed by atoms with E-state index in [0.717, 1.165) is 22.6 Å². The first-order chi connectivity index (χ1) is 13.0. The van der Waals surface area contributed by atoms with Crippen LogP contribution in [0.3, 0.4) is 0 Å². The number of carbonyl (C=O) groups is 2. The maximum atomic E-state index is 12.0. The molecule has 0 unspecified atom stereocenters. The molecule has 0 radical (unpaired) electrons. The molecule has 0 aliphatic heterocycles. The predicted octanol–water partition coefficient (Wildman–Crippen LogP) is 4.01. The van der Waals surface area contributed by atoms with E-state index < -0.39 is 0 Å².